The number of aryl methyl sites for hydroxylation is 2. The van der Waals surface area contributed by atoms with E-state index in [-0.39, 0.29) is 19.1 Å². The minimum absolute atomic E-state index is 0.0933. The molecule has 2 heterocycles. The summed E-state index contributed by atoms with van der Waals surface area (Å²) in [5.74, 6) is -0.218. The van der Waals surface area contributed by atoms with E-state index in [1.807, 2.05) is 49.0 Å². The molecule has 24 heavy (non-hydrogen) atoms. The first-order valence-corrected chi connectivity index (χ1v) is 7.97. The molecule has 6 nitrogen and oxygen atoms in total. The third-order valence-corrected chi connectivity index (χ3v) is 3.90. The summed E-state index contributed by atoms with van der Waals surface area (Å²) in [6, 6.07) is 9.34. The average molecular weight is 324 g/mol. The Morgan fingerprint density at radius 1 is 1.33 bits per heavy atom. The molecule has 0 radical (unpaired) electrons. The number of rotatable bonds is 5. The molecule has 0 saturated heterocycles. The van der Waals surface area contributed by atoms with Crippen molar-refractivity contribution in [2.24, 2.45) is 0 Å². The second-order valence-electron chi connectivity index (χ2n) is 5.54. The Bertz CT molecular complexity index is 886. The molecule has 1 amide bonds. The van der Waals surface area contributed by atoms with Crippen molar-refractivity contribution in [3.05, 3.63) is 47.8 Å². The number of amides is 1. The van der Waals surface area contributed by atoms with E-state index in [4.69, 9.17) is 10.1 Å². The van der Waals surface area contributed by atoms with E-state index in [9.17, 15) is 4.79 Å². The van der Waals surface area contributed by atoms with Gasteiger partial charge in [0.2, 0.25) is 0 Å². The van der Waals surface area contributed by atoms with Gasteiger partial charge in [-0.25, -0.2) is 4.98 Å². The molecule has 0 aliphatic carbocycles. The molecule has 3 aromatic rings. The first-order chi connectivity index (χ1) is 11.6. The predicted octanol–water partition coefficient (Wildman–Crippen LogP) is 2.15. The quantitative estimate of drug-likeness (QED) is 0.753. The number of pyridine rings is 1. The molecule has 0 fully saturated rings. The Labute approximate surface area is 140 Å². The van der Waals surface area contributed by atoms with Gasteiger partial charge in [-0.05, 0) is 26.0 Å². The van der Waals surface area contributed by atoms with Crippen LogP contribution >= 0.6 is 0 Å². The number of nitrogens with one attached hydrogen (secondary N) is 1. The summed E-state index contributed by atoms with van der Waals surface area (Å²) in [6.45, 7) is 4.86. The number of fused-ring (bicyclic) bond motifs is 1. The van der Waals surface area contributed by atoms with Crippen molar-refractivity contribution in [1.29, 1.82) is 0 Å². The van der Waals surface area contributed by atoms with Crippen molar-refractivity contribution in [3.63, 3.8) is 0 Å². The van der Waals surface area contributed by atoms with Crippen LogP contribution in [0.2, 0.25) is 0 Å². The van der Waals surface area contributed by atoms with Crippen molar-refractivity contribution in [2.75, 3.05) is 13.2 Å². The summed E-state index contributed by atoms with van der Waals surface area (Å²) < 4.78 is 1.85. The van der Waals surface area contributed by atoms with Crippen LogP contribution in [0.15, 0.2) is 36.5 Å². The Morgan fingerprint density at radius 2 is 2.12 bits per heavy atom. The first kappa shape index (κ1) is 16.1. The molecular weight excluding hydrogens is 304 g/mol. The van der Waals surface area contributed by atoms with E-state index in [2.05, 4.69) is 10.4 Å². The lowest BCUT2D eigenvalue weighted by molar-refractivity contribution is 0.0946. The number of carbonyl (C=O) groups excluding carboxylic acids is 1. The van der Waals surface area contributed by atoms with Gasteiger partial charge in [-0.3, -0.25) is 9.48 Å². The van der Waals surface area contributed by atoms with E-state index in [0.717, 1.165) is 34.4 Å². The largest absolute Gasteiger partial charge is 0.395 e. The molecule has 124 valence electrons. The fraction of sp³-hybridized carbons (Fsp3) is 0.278. The van der Waals surface area contributed by atoms with Gasteiger partial charge in [0.1, 0.15) is 0 Å². The van der Waals surface area contributed by atoms with Gasteiger partial charge in [-0.1, -0.05) is 18.2 Å². The van der Waals surface area contributed by atoms with E-state index < -0.39 is 0 Å². The number of aliphatic hydroxyl groups excluding tert-OH is 1. The van der Waals surface area contributed by atoms with Gasteiger partial charge in [-0.15, -0.1) is 0 Å². The molecule has 6 heteroatoms. The third kappa shape index (κ3) is 3.00. The number of hydrogen-bond donors (Lipinski definition) is 2. The highest BCUT2D eigenvalue weighted by Gasteiger charge is 2.16. The second-order valence-corrected chi connectivity index (χ2v) is 5.54. The average Bonchev–Trinajstić information content (AvgIpc) is 2.99. The number of aliphatic hydroxyl groups is 1. The van der Waals surface area contributed by atoms with Crippen LogP contribution in [0.3, 0.4) is 0 Å². The van der Waals surface area contributed by atoms with Crippen molar-refractivity contribution in [3.8, 4) is 11.3 Å². The summed E-state index contributed by atoms with van der Waals surface area (Å²) in [5, 5.41) is 16.9. The highest BCUT2D eigenvalue weighted by molar-refractivity contribution is 6.07. The molecule has 0 aliphatic rings. The van der Waals surface area contributed by atoms with E-state index >= 15 is 0 Å². The zero-order valence-corrected chi connectivity index (χ0v) is 13.8. The van der Waals surface area contributed by atoms with Crippen LogP contribution in [0, 0.1) is 6.92 Å². The molecule has 0 unspecified atom stereocenters. The van der Waals surface area contributed by atoms with Crippen LogP contribution in [-0.2, 0) is 6.54 Å². The number of aromatic nitrogens is 3. The van der Waals surface area contributed by atoms with Crippen molar-refractivity contribution < 1.29 is 9.90 Å². The molecule has 2 N–H and O–H groups in total. The van der Waals surface area contributed by atoms with E-state index in [0.29, 0.717) is 5.56 Å². The Morgan fingerprint density at radius 3 is 2.83 bits per heavy atom. The molecule has 1 aromatic carbocycles. The van der Waals surface area contributed by atoms with Crippen LogP contribution in [0.1, 0.15) is 23.0 Å². The lowest BCUT2D eigenvalue weighted by atomic mass is 10.0. The molecule has 0 bridgehead atoms. The zero-order valence-electron chi connectivity index (χ0n) is 13.8. The fourth-order valence-corrected chi connectivity index (χ4v) is 2.70. The van der Waals surface area contributed by atoms with Crippen LogP contribution in [0.4, 0.5) is 0 Å². The van der Waals surface area contributed by atoms with Gasteiger partial charge in [0, 0.05) is 30.2 Å². The third-order valence-electron chi connectivity index (χ3n) is 3.90. The van der Waals surface area contributed by atoms with Crippen molar-refractivity contribution >= 4 is 16.8 Å². The number of benzene rings is 1. The summed E-state index contributed by atoms with van der Waals surface area (Å²) in [4.78, 5) is 17.2. The Hall–Kier alpha value is -2.73. The van der Waals surface area contributed by atoms with Crippen LogP contribution in [0.25, 0.3) is 22.2 Å². The summed E-state index contributed by atoms with van der Waals surface area (Å²) in [5.41, 5.74) is 3.82. The van der Waals surface area contributed by atoms with Gasteiger partial charge in [0.05, 0.1) is 29.1 Å². The smallest absolute Gasteiger partial charge is 0.252 e. The van der Waals surface area contributed by atoms with Gasteiger partial charge < -0.3 is 10.4 Å². The summed E-state index contributed by atoms with van der Waals surface area (Å²) in [6.07, 6.45) is 1.95. The van der Waals surface area contributed by atoms with E-state index in [1.165, 1.54) is 0 Å². The minimum atomic E-state index is -0.218. The second kappa shape index (κ2) is 6.80. The standard InChI is InChI=1S/C18H20N4O2/c1-3-22-11-15(12(2)21-22)17-10-14(18(24)19-8-9-23)13-6-4-5-7-16(13)20-17/h4-7,10-11,23H,3,8-9H2,1-2H3,(H,19,24). The van der Waals surface area contributed by atoms with Gasteiger partial charge in [-0.2, -0.15) is 5.10 Å². The molecule has 0 saturated carbocycles. The molecule has 3 rings (SSSR count). The van der Waals surface area contributed by atoms with Crippen molar-refractivity contribution in [1.82, 2.24) is 20.1 Å². The maximum absolute atomic E-state index is 12.5. The maximum atomic E-state index is 12.5. The number of carbonyl (C=O) groups is 1. The van der Waals surface area contributed by atoms with Gasteiger partial charge in [0.25, 0.3) is 5.91 Å². The lowest BCUT2D eigenvalue weighted by Crippen LogP contribution is -2.26. The molecule has 0 atom stereocenters. The SMILES string of the molecule is CCn1cc(-c2cc(C(=O)NCCO)c3ccccc3n2)c(C)n1. The molecule has 2 aromatic heterocycles. The summed E-state index contributed by atoms with van der Waals surface area (Å²) in [7, 11) is 0. The summed E-state index contributed by atoms with van der Waals surface area (Å²) >= 11 is 0. The fourth-order valence-electron chi connectivity index (χ4n) is 2.70. The van der Waals surface area contributed by atoms with Crippen LogP contribution in [0.5, 0.6) is 0 Å². The number of hydrogen-bond acceptors (Lipinski definition) is 4. The molecule has 0 aliphatic heterocycles. The highest BCUT2D eigenvalue weighted by Crippen LogP contribution is 2.26. The topological polar surface area (TPSA) is 80.0 Å². The lowest BCUT2D eigenvalue weighted by Gasteiger charge is -2.09. The molecule has 0 spiro atoms. The predicted molar refractivity (Wildman–Crippen MR) is 92.8 cm³/mol. The van der Waals surface area contributed by atoms with E-state index in [1.54, 1.807) is 6.07 Å². The van der Waals surface area contributed by atoms with Gasteiger partial charge in [0.15, 0.2) is 0 Å². The van der Waals surface area contributed by atoms with Gasteiger partial charge >= 0.3 is 0 Å². The Balaban J connectivity index is 2.15. The van der Waals surface area contributed by atoms with Crippen molar-refractivity contribution in [2.45, 2.75) is 20.4 Å². The number of para-hydroxylation sites is 1. The minimum Gasteiger partial charge on any atom is -0.395 e. The highest BCUT2D eigenvalue weighted by atomic mass is 16.3. The molecular formula is C18H20N4O2. The van der Waals surface area contributed by atoms with Crippen LogP contribution < -0.4 is 5.32 Å². The Kier molecular flexibility index (Phi) is 4.57. The zero-order chi connectivity index (χ0) is 17.1. The maximum Gasteiger partial charge on any atom is 0.252 e. The normalized spacial score (nSPS) is 11.0. The van der Waals surface area contributed by atoms with Crippen LogP contribution in [-0.4, -0.2) is 38.9 Å². The number of nitrogens with zero attached hydrogens (tertiary/aromatic N) is 3. The monoisotopic (exact) mass is 324 g/mol. The first-order valence-electron chi connectivity index (χ1n) is 7.97.